The van der Waals surface area contributed by atoms with Crippen LogP contribution in [-0.2, 0) is 20.9 Å². The molecule has 0 saturated carbocycles. The van der Waals surface area contributed by atoms with Crippen LogP contribution in [0.25, 0.3) is 10.4 Å². The average Bonchev–Trinajstić information content (AvgIpc) is 2.44. The number of alkyl carbamates (subject to hydrolysis) is 1. The second-order valence-electron chi connectivity index (χ2n) is 3.36. The van der Waals surface area contributed by atoms with E-state index in [1.165, 1.54) is 7.11 Å². The SMILES string of the molecule is COC(=O)CNC(=O)OCc1ccc(N=[N+]=[N-])cc1. The Hall–Kier alpha value is -2.73. The summed E-state index contributed by atoms with van der Waals surface area (Å²) in [4.78, 5) is 24.6. The minimum Gasteiger partial charge on any atom is -0.468 e. The van der Waals surface area contributed by atoms with Crippen molar-refractivity contribution in [3.63, 3.8) is 0 Å². The first-order chi connectivity index (χ1) is 9.15. The first kappa shape index (κ1) is 14.3. The van der Waals surface area contributed by atoms with Crippen molar-refractivity contribution in [2.75, 3.05) is 13.7 Å². The number of hydrogen-bond acceptors (Lipinski definition) is 5. The Labute approximate surface area is 108 Å². The van der Waals surface area contributed by atoms with Gasteiger partial charge in [-0.25, -0.2) is 4.79 Å². The van der Waals surface area contributed by atoms with Gasteiger partial charge in [0.15, 0.2) is 0 Å². The first-order valence-electron chi connectivity index (χ1n) is 5.27. The molecule has 0 aliphatic rings. The predicted molar refractivity (Wildman–Crippen MR) is 65.5 cm³/mol. The molecular weight excluding hydrogens is 252 g/mol. The fraction of sp³-hybridized carbons (Fsp3) is 0.273. The molecule has 0 atom stereocenters. The van der Waals surface area contributed by atoms with Crippen LogP contribution in [0.3, 0.4) is 0 Å². The molecule has 0 radical (unpaired) electrons. The zero-order valence-electron chi connectivity index (χ0n) is 10.2. The van der Waals surface area contributed by atoms with Crippen molar-refractivity contribution in [3.8, 4) is 0 Å². The van der Waals surface area contributed by atoms with Gasteiger partial charge in [0.25, 0.3) is 0 Å². The molecule has 1 rings (SSSR count). The molecule has 1 aromatic rings. The average molecular weight is 264 g/mol. The highest BCUT2D eigenvalue weighted by Crippen LogP contribution is 2.13. The second-order valence-corrected chi connectivity index (χ2v) is 3.36. The number of ether oxygens (including phenoxy) is 2. The molecule has 100 valence electrons. The van der Waals surface area contributed by atoms with Crippen molar-refractivity contribution in [1.29, 1.82) is 0 Å². The van der Waals surface area contributed by atoms with Gasteiger partial charge in [-0.2, -0.15) is 0 Å². The Bertz CT molecular complexity index is 494. The minimum atomic E-state index is -0.718. The van der Waals surface area contributed by atoms with Gasteiger partial charge in [0.05, 0.1) is 7.11 Å². The molecule has 0 saturated heterocycles. The van der Waals surface area contributed by atoms with E-state index in [2.05, 4.69) is 20.1 Å². The lowest BCUT2D eigenvalue weighted by molar-refractivity contribution is -0.139. The van der Waals surface area contributed by atoms with Gasteiger partial charge in [-0.1, -0.05) is 29.4 Å². The van der Waals surface area contributed by atoms with Gasteiger partial charge in [0.2, 0.25) is 0 Å². The zero-order valence-corrected chi connectivity index (χ0v) is 10.2. The third-order valence-electron chi connectivity index (χ3n) is 2.07. The van der Waals surface area contributed by atoms with Gasteiger partial charge in [0, 0.05) is 10.6 Å². The molecule has 8 heteroatoms. The van der Waals surface area contributed by atoms with Crippen LogP contribution < -0.4 is 5.32 Å². The van der Waals surface area contributed by atoms with E-state index in [-0.39, 0.29) is 13.2 Å². The molecule has 0 aliphatic heterocycles. The van der Waals surface area contributed by atoms with Crippen molar-refractivity contribution in [1.82, 2.24) is 5.32 Å². The summed E-state index contributed by atoms with van der Waals surface area (Å²) in [6.07, 6.45) is -0.718. The van der Waals surface area contributed by atoms with E-state index in [4.69, 9.17) is 10.3 Å². The summed E-state index contributed by atoms with van der Waals surface area (Å²) >= 11 is 0. The van der Waals surface area contributed by atoms with E-state index in [0.717, 1.165) is 5.56 Å². The number of carbonyl (C=O) groups is 2. The largest absolute Gasteiger partial charge is 0.468 e. The number of benzene rings is 1. The second kappa shape index (κ2) is 7.57. The number of rotatable bonds is 5. The van der Waals surface area contributed by atoms with Crippen LogP contribution in [0.1, 0.15) is 5.56 Å². The van der Waals surface area contributed by atoms with Crippen LogP contribution in [0.5, 0.6) is 0 Å². The van der Waals surface area contributed by atoms with Crippen molar-refractivity contribution < 1.29 is 19.1 Å². The molecule has 0 bridgehead atoms. The van der Waals surface area contributed by atoms with Gasteiger partial charge in [0.1, 0.15) is 13.2 Å². The topological polar surface area (TPSA) is 113 Å². The van der Waals surface area contributed by atoms with Gasteiger partial charge in [-0.3, -0.25) is 4.79 Å². The van der Waals surface area contributed by atoms with E-state index < -0.39 is 12.1 Å². The summed E-state index contributed by atoms with van der Waals surface area (Å²) in [6, 6.07) is 6.53. The van der Waals surface area contributed by atoms with Gasteiger partial charge < -0.3 is 14.8 Å². The van der Waals surface area contributed by atoms with Crippen LogP contribution in [-0.4, -0.2) is 25.7 Å². The van der Waals surface area contributed by atoms with Crippen LogP contribution in [0, 0.1) is 0 Å². The Morgan fingerprint density at radius 3 is 2.63 bits per heavy atom. The number of amides is 1. The molecule has 1 N–H and O–H groups in total. The lowest BCUT2D eigenvalue weighted by atomic mass is 10.2. The Kier molecular flexibility index (Phi) is 5.71. The van der Waals surface area contributed by atoms with E-state index >= 15 is 0 Å². The third kappa shape index (κ3) is 5.42. The van der Waals surface area contributed by atoms with E-state index in [0.29, 0.717) is 5.69 Å². The van der Waals surface area contributed by atoms with Gasteiger partial charge >= 0.3 is 12.1 Å². The van der Waals surface area contributed by atoms with Crippen LogP contribution in [0.2, 0.25) is 0 Å². The summed E-state index contributed by atoms with van der Waals surface area (Å²) in [7, 11) is 1.22. The molecule has 8 nitrogen and oxygen atoms in total. The lowest BCUT2D eigenvalue weighted by Crippen LogP contribution is -2.30. The normalized spacial score (nSPS) is 9.11. The Morgan fingerprint density at radius 2 is 2.05 bits per heavy atom. The number of nitrogens with zero attached hydrogens (tertiary/aromatic N) is 3. The molecule has 1 aromatic carbocycles. The fourth-order valence-corrected chi connectivity index (χ4v) is 1.13. The highest BCUT2D eigenvalue weighted by molar-refractivity contribution is 5.77. The number of nitrogens with one attached hydrogen (secondary N) is 1. The van der Waals surface area contributed by atoms with Crippen LogP contribution in [0.4, 0.5) is 10.5 Å². The molecule has 0 unspecified atom stereocenters. The summed E-state index contributed by atoms with van der Waals surface area (Å²) in [5, 5.41) is 5.64. The number of esters is 1. The highest BCUT2D eigenvalue weighted by Gasteiger charge is 2.06. The Balaban J connectivity index is 2.37. The number of carbonyl (C=O) groups excluding carboxylic acids is 2. The monoisotopic (exact) mass is 264 g/mol. The van der Waals surface area contributed by atoms with Crippen LogP contribution in [0.15, 0.2) is 29.4 Å². The minimum absolute atomic E-state index is 0.0452. The molecule has 19 heavy (non-hydrogen) atoms. The Morgan fingerprint density at radius 1 is 1.37 bits per heavy atom. The quantitative estimate of drug-likeness (QED) is 0.379. The first-order valence-corrected chi connectivity index (χ1v) is 5.27. The lowest BCUT2D eigenvalue weighted by Gasteiger charge is -2.06. The summed E-state index contributed by atoms with van der Waals surface area (Å²) in [5.74, 6) is -0.560. The molecule has 1 amide bonds. The van der Waals surface area contributed by atoms with Crippen molar-refractivity contribution in [2.24, 2.45) is 5.11 Å². The van der Waals surface area contributed by atoms with E-state index in [1.807, 2.05) is 0 Å². The maximum atomic E-state index is 11.2. The molecule has 0 spiro atoms. The summed E-state index contributed by atoms with van der Waals surface area (Å²) in [5.41, 5.74) is 9.43. The van der Waals surface area contributed by atoms with Crippen molar-refractivity contribution in [2.45, 2.75) is 6.61 Å². The number of hydrogen-bond donors (Lipinski definition) is 1. The van der Waals surface area contributed by atoms with Crippen molar-refractivity contribution >= 4 is 17.7 Å². The zero-order chi connectivity index (χ0) is 14.1. The summed E-state index contributed by atoms with van der Waals surface area (Å²) in [6.45, 7) is -0.200. The molecule has 0 aromatic heterocycles. The summed E-state index contributed by atoms with van der Waals surface area (Å²) < 4.78 is 9.21. The maximum Gasteiger partial charge on any atom is 0.407 e. The molecule has 0 fully saturated rings. The predicted octanol–water partition coefficient (Wildman–Crippen LogP) is 2.03. The van der Waals surface area contributed by atoms with E-state index in [9.17, 15) is 9.59 Å². The molecule has 0 aliphatic carbocycles. The van der Waals surface area contributed by atoms with E-state index in [1.54, 1.807) is 24.3 Å². The number of azide groups is 1. The molecule has 0 heterocycles. The fourth-order valence-electron chi connectivity index (χ4n) is 1.13. The van der Waals surface area contributed by atoms with Gasteiger partial charge in [-0.05, 0) is 11.1 Å². The standard InChI is InChI=1S/C11H12N4O4/c1-18-10(16)6-13-11(17)19-7-8-2-4-9(5-3-8)14-15-12/h2-5H,6-7H2,1H3,(H,13,17). The van der Waals surface area contributed by atoms with Crippen molar-refractivity contribution in [3.05, 3.63) is 40.3 Å². The third-order valence-corrected chi connectivity index (χ3v) is 2.07. The number of methoxy groups -OCH3 is 1. The maximum absolute atomic E-state index is 11.2. The molecular formula is C11H12N4O4. The smallest absolute Gasteiger partial charge is 0.407 e. The van der Waals surface area contributed by atoms with Gasteiger partial charge in [-0.15, -0.1) is 0 Å². The highest BCUT2D eigenvalue weighted by atomic mass is 16.6. The van der Waals surface area contributed by atoms with Crippen LogP contribution >= 0.6 is 0 Å².